The molecule has 0 saturated heterocycles. The lowest BCUT2D eigenvalue weighted by Gasteiger charge is -2.29. The average molecular weight is 272 g/mol. The summed E-state index contributed by atoms with van der Waals surface area (Å²) >= 11 is 0. The number of hydrogen-bond donors (Lipinski definition) is 0. The summed E-state index contributed by atoms with van der Waals surface area (Å²) in [5.74, 6) is 1.65. The highest BCUT2D eigenvalue weighted by Crippen LogP contribution is 2.33. The van der Waals surface area contributed by atoms with Crippen molar-refractivity contribution in [1.82, 2.24) is 0 Å². The van der Waals surface area contributed by atoms with E-state index in [9.17, 15) is 0 Å². The molecule has 0 heterocycles. The summed E-state index contributed by atoms with van der Waals surface area (Å²) in [7, 11) is 0.126. The Labute approximate surface area is 118 Å². The van der Waals surface area contributed by atoms with E-state index in [0.29, 0.717) is 5.92 Å². The van der Waals surface area contributed by atoms with Gasteiger partial charge in [-0.15, -0.1) is 0 Å². The summed E-state index contributed by atoms with van der Waals surface area (Å²) in [6, 6.07) is 8.51. The number of allylic oxidation sites excluding steroid dienone is 4. The molecule has 0 bridgehead atoms. The number of ether oxygens (including phenoxy) is 1. The molecule has 0 saturated carbocycles. The van der Waals surface area contributed by atoms with E-state index in [2.05, 4.69) is 63.4 Å². The molecular weight excluding hydrogens is 248 g/mol. The van der Waals surface area contributed by atoms with Crippen LogP contribution in [0.2, 0.25) is 13.1 Å². The molecule has 1 aromatic rings. The Kier molecular flexibility index (Phi) is 4.00. The highest BCUT2D eigenvalue weighted by atomic mass is 28.3. The lowest BCUT2D eigenvalue weighted by Crippen LogP contribution is -2.44. The molecule has 0 aromatic heterocycles. The molecule has 2 heteroatoms. The Balaban J connectivity index is 2.51. The molecule has 1 aliphatic carbocycles. The predicted molar refractivity (Wildman–Crippen MR) is 85.7 cm³/mol. The first-order valence-corrected chi connectivity index (χ1v) is 10.0. The molecule has 0 unspecified atom stereocenters. The molecule has 0 atom stereocenters. The molecule has 0 spiro atoms. The van der Waals surface area contributed by atoms with E-state index in [1.807, 2.05) is 0 Å². The summed E-state index contributed by atoms with van der Waals surface area (Å²) in [4.78, 5) is 0. The van der Waals surface area contributed by atoms with Crippen LogP contribution in [-0.4, -0.2) is 15.2 Å². The normalized spacial score (nSPS) is 15.5. The summed E-state index contributed by atoms with van der Waals surface area (Å²) in [6.45, 7) is 9.46. The molecule has 2 rings (SSSR count). The van der Waals surface area contributed by atoms with Crippen LogP contribution in [0.15, 0.2) is 47.2 Å². The lowest BCUT2D eigenvalue weighted by atomic mass is 10.1. The number of rotatable bonds is 4. The predicted octanol–water partition coefficient (Wildman–Crippen LogP) is 4.06. The molecule has 19 heavy (non-hydrogen) atoms. The quantitative estimate of drug-likeness (QED) is 0.751. The Morgan fingerprint density at radius 1 is 1.16 bits per heavy atom. The van der Waals surface area contributed by atoms with Gasteiger partial charge in [0.05, 0.1) is 7.11 Å². The van der Waals surface area contributed by atoms with E-state index in [1.54, 1.807) is 17.9 Å². The van der Waals surface area contributed by atoms with Crippen LogP contribution in [0, 0.1) is 5.92 Å². The van der Waals surface area contributed by atoms with Gasteiger partial charge in [-0.05, 0) is 29.2 Å². The minimum absolute atomic E-state index is 0.607. The van der Waals surface area contributed by atoms with Gasteiger partial charge in [0.25, 0.3) is 0 Å². The zero-order valence-corrected chi connectivity index (χ0v) is 13.7. The van der Waals surface area contributed by atoms with Gasteiger partial charge in [0.15, 0.2) is 0 Å². The number of para-hydroxylation sites is 1. The second-order valence-corrected chi connectivity index (χ2v) is 10.4. The smallest absolute Gasteiger partial charge is 0.118 e. The fourth-order valence-electron chi connectivity index (χ4n) is 3.00. The fourth-order valence-corrected chi connectivity index (χ4v) is 6.36. The van der Waals surface area contributed by atoms with Gasteiger partial charge < -0.3 is 4.74 Å². The summed E-state index contributed by atoms with van der Waals surface area (Å²) in [5, 5.41) is 3.07. The third-order valence-corrected chi connectivity index (χ3v) is 7.89. The maximum absolute atomic E-state index is 5.58. The van der Waals surface area contributed by atoms with E-state index in [-0.39, 0.29) is 0 Å². The average Bonchev–Trinajstić information content (AvgIpc) is 2.88. The van der Waals surface area contributed by atoms with E-state index >= 15 is 0 Å². The zero-order chi connectivity index (χ0) is 14.0. The lowest BCUT2D eigenvalue weighted by molar-refractivity contribution is 0.418. The van der Waals surface area contributed by atoms with Crippen molar-refractivity contribution in [2.75, 3.05) is 7.11 Å². The Bertz CT molecular complexity index is 524. The van der Waals surface area contributed by atoms with Crippen LogP contribution in [0.4, 0.5) is 0 Å². The summed E-state index contributed by atoms with van der Waals surface area (Å²) in [5.41, 5.74) is 1.54. The van der Waals surface area contributed by atoms with E-state index in [0.717, 1.165) is 12.2 Å². The van der Waals surface area contributed by atoms with Crippen molar-refractivity contribution >= 4 is 13.3 Å². The van der Waals surface area contributed by atoms with Crippen molar-refractivity contribution in [2.45, 2.75) is 33.4 Å². The van der Waals surface area contributed by atoms with Gasteiger partial charge in [-0.25, -0.2) is 0 Å². The van der Waals surface area contributed by atoms with Crippen molar-refractivity contribution in [3.8, 4) is 5.75 Å². The maximum atomic E-state index is 5.58. The van der Waals surface area contributed by atoms with Crippen LogP contribution in [-0.2, 0) is 0 Å². The number of hydrogen-bond acceptors (Lipinski definition) is 1. The van der Waals surface area contributed by atoms with E-state index in [1.165, 1.54) is 5.19 Å². The van der Waals surface area contributed by atoms with Crippen LogP contribution in [0.5, 0.6) is 5.75 Å². The SMILES string of the molecule is COc1ccccc1[Si](C)(C)C1=C(C(C)C)C=CC1. The third kappa shape index (κ3) is 2.55. The van der Waals surface area contributed by atoms with Gasteiger partial charge >= 0.3 is 0 Å². The largest absolute Gasteiger partial charge is 0.497 e. The molecule has 0 N–H and O–H groups in total. The van der Waals surface area contributed by atoms with Crippen molar-refractivity contribution in [2.24, 2.45) is 5.92 Å². The molecule has 1 aliphatic rings. The van der Waals surface area contributed by atoms with Gasteiger partial charge in [0, 0.05) is 0 Å². The first kappa shape index (κ1) is 14.1. The number of methoxy groups -OCH3 is 1. The van der Waals surface area contributed by atoms with Crippen molar-refractivity contribution in [3.05, 3.63) is 47.2 Å². The topological polar surface area (TPSA) is 9.23 Å². The molecular formula is C17H24OSi. The second kappa shape index (κ2) is 5.38. The minimum Gasteiger partial charge on any atom is -0.497 e. The van der Waals surface area contributed by atoms with Crippen molar-refractivity contribution in [3.63, 3.8) is 0 Å². The first-order valence-electron chi connectivity index (χ1n) is 7.02. The molecule has 0 fully saturated rings. The first-order chi connectivity index (χ1) is 8.98. The maximum Gasteiger partial charge on any atom is 0.118 e. The van der Waals surface area contributed by atoms with Gasteiger partial charge in [-0.2, -0.15) is 0 Å². The van der Waals surface area contributed by atoms with E-state index in [4.69, 9.17) is 4.74 Å². The zero-order valence-electron chi connectivity index (χ0n) is 12.7. The number of benzene rings is 1. The van der Waals surface area contributed by atoms with Crippen LogP contribution in [0.1, 0.15) is 20.3 Å². The monoisotopic (exact) mass is 272 g/mol. The van der Waals surface area contributed by atoms with Gasteiger partial charge in [-0.3, -0.25) is 0 Å². The molecule has 1 nitrogen and oxygen atoms in total. The van der Waals surface area contributed by atoms with E-state index < -0.39 is 8.07 Å². The molecule has 102 valence electrons. The molecule has 1 aromatic carbocycles. The van der Waals surface area contributed by atoms with Gasteiger partial charge in [0.1, 0.15) is 13.8 Å². The molecule has 0 radical (unpaired) electrons. The Hall–Kier alpha value is -1.28. The standard InChI is InChI=1S/C17H24OSi/c1-13(2)14-9-8-12-16(14)19(4,5)17-11-7-6-10-15(17)18-3/h6-11,13H,12H2,1-5H3. The second-order valence-electron chi connectivity index (χ2n) is 6.02. The van der Waals surface area contributed by atoms with Crippen molar-refractivity contribution in [1.29, 1.82) is 0 Å². The molecule has 0 amide bonds. The Morgan fingerprint density at radius 3 is 2.47 bits per heavy atom. The van der Waals surface area contributed by atoms with Gasteiger partial charge in [0.2, 0.25) is 0 Å². The Morgan fingerprint density at radius 2 is 1.84 bits per heavy atom. The van der Waals surface area contributed by atoms with Gasteiger partial charge in [-0.1, -0.05) is 62.5 Å². The van der Waals surface area contributed by atoms with Crippen LogP contribution in [0.25, 0.3) is 0 Å². The van der Waals surface area contributed by atoms with Crippen LogP contribution >= 0.6 is 0 Å². The third-order valence-electron chi connectivity index (χ3n) is 4.12. The van der Waals surface area contributed by atoms with Crippen LogP contribution < -0.4 is 9.92 Å². The fraction of sp³-hybridized carbons (Fsp3) is 0.412. The summed E-state index contributed by atoms with van der Waals surface area (Å²) in [6.07, 6.45) is 5.75. The molecule has 0 aliphatic heterocycles. The highest BCUT2D eigenvalue weighted by Gasteiger charge is 2.34. The highest BCUT2D eigenvalue weighted by molar-refractivity contribution is 6.96. The van der Waals surface area contributed by atoms with Crippen LogP contribution in [0.3, 0.4) is 0 Å². The van der Waals surface area contributed by atoms with Crippen molar-refractivity contribution < 1.29 is 4.74 Å². The minimum atomic E-state index is -1.65. The summed E-state index contributed by atoms with van der Waals surface area (Å²) < 4.78 is 5.58.